The molecule has 1 heterocycles. The number of hydrogen-bond acceptors (Lipinski definition) is 3. The minimum absolute atomic E-state index is 0.0447. The molecule has 0 saturated carbocycles. The highest BCUT2D eigenvalue weighted by molar-refractivity contribution is 5.78. The summed E-state index contributed by atoms with van der Waals surface area (Å²) in [4.78, 5) is 11.5. The molecular formula is C13H16O3. The molecule has 0 unspecified atom stereocenters. The Morgan fingerprint density at radius 3 is 2.62 bits per heavy atom. The standard InChI is InChI=1S/C13H16O3/c1-9(2)11-12(16-11)13(14)15-8-10-6-4-3-5-7-10/h3-7,9,11-12H,8H2,1-2H3/t11-,12-/m0/s1. The van der Waals surface area contributed by atoms with Crippen LogP contribution in [-0.4, -0.2) is 18.2 Å². The first-order valence-electron chi connectivity index (χ1n) is 5.54. The van der Waals surface area contributed by atoms with Crippen molar-refractivity contribution in [3.63, 3.8) is 0 Å². The molecule has 2 rings (SSSR count). The van der Waals surface area contributed by atoms with Gasteiger partial charge < -0.3 is 9.47 Å². The van der Waals surface area contributed by atoms with Gasteiger partial charge in [0, 0.05) is 0 Å². The van der Waals surface area contributed by atoms with Crippen LogP contribution >= 0.6 is 0 Å². The molecule has 86 valence electrons. The van der Waals surface area contributed by atoms with Crippen molar-refractivity contribution in [1.29, 1.82) is 0 Å². The van der Waals surface area contributed by atoms with Crippen molar-refractivity contribution < 1.29 is 14.3 Å². The van der Waals surface area contributed by atoms with Crippen molar-refractivity contribution in [3.05, 3.63) is 35.9 Å². The Kier molecular flexibility index (Phi) is 3.25. The predicted molar refractivity (Wildman–Crippen MR) is 59.7 cm³/mol. The third kappa shape index (κ3) is 2.61. The summed E-state index contributed by atoms with van der Waals surface area (Å²) in [7, 11) is 0. The van der Waals surface area contributed by atoms with Gasteiger partial charge in [0.25, 0.3) is 0 Å². The Morgan fingerprint density at radius 1 is 1.38 bits per heavy atom. The highest BCUT2D eigenvalue weighted by Crippen LogP contribution is 2.30. The topological polar surface area (TPSA) is 38.8 Å². The summed E-state index contributed by atoms with van der Waals surface area (Å²) in [6.07, 6.45) is -0.299. The van der Waals surface area contributed by atoms with E-state index in [2.05, 4.69) is 0 Å². The van der Waals surface area contributed by atoms with Crippen LogP contribution in [0.5, 0.6) is 0 Å². The fourth-order valence-corrected chi connectivity index (χ4v) is 1.63. The summed E-state index contributed by atoms with van der Waals surface area (Å²) in [5.41, 5.74) is 0.998. The quantitative estimate of drug-likeness (QED) is 0.576. The molecule has 0 amide bonds. The smallest absolute Gasteiger partial charge is 0.338 e. The lowest BCUT2D eigenvalue weighted by Gasteiger charge is -2.03. The van der Waals surface area contributed by atoms with E-state index in [-0.39, 0.29) is 18.2 Å². The summed E-state index contributed by atoms with van der Waals surface area (Å²) in [6.45, 7) is 4.40. The second kappa shape index (κ2) is 4.66. The monoisotopic (exact) mass is 220 g/mol. The molecule has 0 N–H and O–H groups in total. The average Bonchev–Trinajstić information content (AvgIpc) is 3.07. The normalized spacial score (nSPS) is 23.2. The minimum Gasteiger partial charge on any atom is -0.459 e. The van der Waals surface area contributed by atoms with Gasteiger partial charge in [-0.2, -0.15) is 0 Å². The minimum atomic E-state index is -0.344. The third-order valence-electron chi connectivity index (χ3n) is 2.64. The zero-order valence-electron chi connectivity index (χ0n) is 9.55. The lowest BCUT2D eigenvalue weighted by molar-refractivity contribution is -0.146. The SMILES string of the molecule is CC(C)[C@@H]1O[C@@H]1C(=O)OCc1ccccc1. The van der Waals surface area contributed by atoms with Crippen molar-refractivity contribution in [1.82, 2.24) is 0 Å². The first-order chi connectivity index (χ1) is 7.68. The molecule has 0 radical (unpaired) electrons. The Balaban J connectivity index is 1.78. The van der Waals surface area contributed by atoms with Gasteiger partial charge in [0.15, 0.2) is 6.10 Å². The Labute approximate surface area is 95.4 Å². The van der Waals surface area contributed by atoms with E-state index in [9.17, 15) is 4.79 Å². The molecule has 1 aliphatic rings. The fraction of sp³-hybridized carbons (Fsp3) is 0.462. The van der Waals surface area contributed by atoms with E-state index in [1.54, 1.807) is 0 Å². The largest absolute Gasteiger partial charge is 0.459 e. The van der Waals surface area contributed by atoms with Crippen LogP contribution in [0.1, 0.15) is 19.4 Å². The number of esters is 1. The number of hydrogen-bond donors (Lipinski definition) is 0. The van der Waals surface area contributed by atoms with E-state index >= 15 is 0 Å². The molecule has 0 aliphatic carbocycles. The van der Waals surface area contributed by atoms with E-state index in [0.717, 1.165) is 5.56 Å². The van der Waals surface area contributed by atoms with Crippen LogP contribution < -0.4 is 0 Å². The van der Waals surface area contributed by atoms with Crippen molar-refractivity contribution >= 4 is 5.97 Å². The first-order valence-corrected chi connectivity index (χ1v) is 5.54. The Hall–Kier alpha value is -1.35. The molecule has 1 aromatic carbocycles. The van der Waals surface area contributed by atoms with Crippen LogP contribution in [0.15, 0.2) is 30.3 Å². The maximum absolute atomic E-state index is 11.5. The van der Waals surface area contributed by atoms with Gasteiger partial charge in [-0.3, -0.25) is 0 Å². The van der Waals surface area contributed by atoms with Gasteiger partial charge in [0.1, 0.15) is 6.61 Å². The summed E-state index contributed by atoms with van der Waals surface area (Å²) in [6, 6.07) is 9.65. The molecule has 0 bridgehead atoms. The zero-order chi connectivity index (χ0) is 11.5. The van der Waals surface area contributed by atoms with Gasteiger partial charge in [-0.05, 0) is 11.5 Å². The van der Waals surface area contributed by atoms with Crippen LogP contribution in [0, 0.1) is 5.92 Å². The Morgan fingerprint density at radius 2 is 2.06 bits per heavy atom. The van der Waals surface area contributed by atoms with Crippen molar-refractivity contribution in [2.45, 2.75) is 32.7 Å². The lowest BCUT2D eigenvalue weighted by atomic mass is 10.1. The molecule has 0 spiro atoms. The predicted octanol–water partition coefficient (Wildman–Crippen LogP) is 2.15. The Bertz CT molecular complexity index is 359. The first kappa shape index (κ1) is 11.1. The van der Waals surface area contributed by atoms with Crippen molar-refractivity contribution in [2.75, 3.05) is 0 Å². The maximum atomic E-state index is 11.5. The molecular weight excluding hydrogens is 204 g/mol. The second-order valence-electron chi connectivity index (χ2n) is 4.36. The van der Waals surface area contributed by atoms with E-state index in [0.29, 0.717) is 12.5 Å². The zero-order valence-corrected chi connectivity index (χ0v) is 9.55. The molecule has 16 heavy (non-hydrogen) atoms. The maximum Gasteiger partial charge on any atom is 0.338 e. The molecule has 3 nitrogen and oxygen atoms in total. The third-order valence-corrected chi connectivity index (χ3v) is 2.64. The average molecular weight is 220 g/mol. The van der Waals surface area contributed by atoms with Gasteiger partial charge in [0.05, 0.1) is 6.10 Å². The van der Waals surface area contributed by atoms with Crippen LogP contribution in [0.4, 0.5) is 0 Å². The van der Waals surface area contributed by atoms with Gasteiger partial charge in [-0.15, -0.1) is 0 Å². The van der Waals surface area contributed by atoms with Gasteiger partial charge >= 0.3 is 5.97 Å². The van der Waals surface area contributed by atoms with E-state index in [1.807, 2.05) is 44.2 Å². The molecule has 1 aliphatic heterocycles. The van der Waals surface area contributed by atoms with Crippen molar-refractivity contribution in [3.8, 4) is 0 Å². The number of rotatable bonds is 4. The summed E-state index contributed by atoms with van der Waals surface area (Å²) in [5, 5.41) is 0. The van der Waals surface area contributed by atoms with Crippen LogP contribution in [-0.2, 0) is 20.9 Å². The van der Waals surface area contributed by atoms with Gasteiger partial charge in [0.2, 0.25) is 0 Å². The van der Waals surface area contributed by atoms with Crippen LogP contribution in [0.25, 0.3) is 0 Å². The fourth-order valence-electron chi connectivity index (χ4n) is 1.63. The van der Waals surface area contributed by atoms with Crippen molar-refractivity contribution in [2.24, 2.45) is 5.92 Å². The number of ether oxygens (including phenoxy) is 2. The number of carbonyl (C=O) groups is 1. The van der Waals surface area contributed by atoms with E-state index in [4.69, 9.17) is 9.47 Å². The summed E-state index contributed by atoms with van der Waals surface area (Å²) in [5.74, 6) is 0.122. The number of epoxide rings is 1. The molecule has 1 aromatic rings. The second-order valence-corrected chi connectivity index (χ2v) is 4.36. The van der Waals surface area contributed by atoms with Crippen LogP contribution in [0.3, 0.4) is 0 Å². The lowest BCUT2D eigenvalue weighted by Crippen LogP contribution is -2.16. The summed E-state index contributed by atoms with van der Waals surface area (Å²) < 4.78 is 10.4. The van der Waals surface area contributed by atoms with E-state index < -0.39 is 0 Å². The highest BCUT2D eigenvalue weighted by atomic mass is 16.6. The van der Waals surface area contributed by atoms with E-state index in [1.165, 1.54) is 0 Å². The molecule has 2 atom stereocenters. The number of carbonyl (C=O) groups excluding carboxylic acids is 1. The summed E-state index contributed by atoms with van der Waals surface area (Å²) >= 11 is 0. The van der Waals surface area contributed by atoms with Gasteiger partial charge in [-0.25, -0.2) is 4.79 Å². The molecule has 1 fully saturated rings. The van der Waals surface area contributed by atoms with Gasteiger partial charge in [-0.1, -0.05) is 44.2 Å². The molecule has 1 saturated heterocycles. The molecule has 3 heteroatoms. The number of benzene rings is 1. The molecule has 0 aromatic heterocycles. The highest BCUT2D eigenvalue weighted by Gasteiger charge is 2.47. The van der Waals surface area contributed by atoms with Crippen LogP contribution in [0.2, 0.25) is 0 Å².